The Bertz CT molecular complexity index is 1370. The van der Waals surface area contributed by atoms with E-state index in [1.807, 2.05) is 34.0 Å². The van der Waals surface area contributed by atoms with E-state index < -0.39 is 78.8 Å². The molecule has 0 saturated carbocycles. The van der Waals surface area contributed by atoms with Gasteiger partial charge in [0.2, 0.25) is 23.6 Å². The molecule has 0 aromatic rings. The van der Waals surface area contributed by atoms with Gasteiger partial charge in [0.25, 0.3) is 5.91 Å². The average Bonchev–Trinajstić information content (AvgIpc) is 3.11. The van der Waals surface area contributed by atoms with E-state index in [0.29, 0.717) is 24.4 Å². The molecule has 0 aliphatic rings. The Labute approximate surface area is 332 Å². The molecular weight excluding hydrogens is 731 g/mol. The summed E-state index contributed by atoms with van der Waals surface area (Å²) >= 11 is 1.57. The van der Waals surface area contributed by atoms with Crippen LogP contribution < -0.4 is 16.0 Å². The molecule has 0 aromatic heterocycles. The van der Waals surface area contributed by atoms with E-state index in [-0.39, 0.29) is 30.3 Å². The molecule has 314 valence electrons. The molecule has 0 saturated heterocycles. The van der Waals surface area contributed by atoms with Crippen molar-refractivity contribution in [3.05, 3.63) is 23.3 Å². The summed E-state index contributed by atoms with van der Waals surface area (Å²) in [6.07, 6.45) is 6.57. The number of rotatable bonds is 25. The quantitative estimate of drug-likeness (QED) is 0.0456. The lowest BCUT2D eigenvalue weighted by Crippen LogP contribution is -2.55. The van der Waals surface area contributed by atoms with Crippen LogP contribution in [0.2, 0.25) is 0 Å². The summed E-state index contributed by atoms with van der Waals surface area (Å²) in [6.45, 7) is 17.0. The van der Waals surface area contributed by atoms with Crippen molar-refractivity contribution >= 4 is 53.2 Å². The molecule has 5 unspecified atom stereocenters. The van der Waals surface area contributed by atoms with E-state index in [2.05, 4.69) is 35.9 Å². The second-order valence-electron chi connectivity index (χ2n) is 14.7. The van der Waals surface area contributed by atoms with E-state index in [1.165, 1.54) is 33.5 Å². The predicted molar refractivity (Wildman–Crippen MR) is 214 cm³/mol. The third-order valence-electron chi connectivity index (χ3n) is 9.20. The van der Waals surface area contributed by atoms with Crippen LogP contribution in [0.5, 0.6) is 0 Å². The minimum Gasteiger partial charge on any atom is -0.480 e. The van der Waals surface area contributed by atoms with Gasteiger partial charge in [-0.05, 0) is 77.9 Å². The second-order valence-corrected chi connectivity index (χ2v) is 15.6. The number of thioether (sulfide) groups is 1. The maximum absolute atomic E-state index is 13.3. The van der Waals surface area contributed by atoms with Crippen LogP contribution in [0, 0.1) is 17.8 Å². The first-order chi connectivity index (χ1) is 25.6. The average molecular weight is 798 g/mol. The summed E-state index contributed by atoms with van der Waals surface area (Å²) in [5.41, 5.74) is 1.58. The summed E-state index contributed by atoms with van der Waals surface area (Å²) in [7, 11) is 2.74. The number of esters is 1. The van der Waals surface area contributed by atoms with Gasteiger partial charge in [0.05, 0.1) is 25.1 Å². The van der Waals surface area contributed by atoms with Gasteiger partial charge in [-0.1, -0.05) is 58.8 Å². The number of nitrogens with one attached hydrogen (secondary N) is 3. The topological polar surface area (TPSA) is 201 Å². The highest BCUT2D eigenvalue weighted by Gasteiger charge is 2.31. The lowest BCUT2D eigenvalue weighted by molar-refractivity contribution is -0.154. The maximum atomic E-state index is 13.3. The zero-order valence-electron chi connectivity index (χ0n) is 35.1. The van der Waals surface area contributed by atoms with Crippen molar-refractivity contribution < 1.29 is 48.1 Å². The van der Waals surface area contributed by atoms with E-state index in [9.17, 15) is 33.6 Å². The van der Waals surface area contributed by atoms with Crippen LogP contribution in [-0.4, -0.2) is 126 Å². The Morgan fingerprint density at radius 3 is 1.96 bits per heavy atom. The number of aliphatic carboxylic acids is 1. The second kappa shape index (κ2) is 26.0. The summed E-state index contributed by atoms with van der Waals surface area (Å²) < 4.78 is 11.7. The van der Waals surface area contributed by atoms with Crippen LogP contribution in [0.15, 0.2) is 23.3 Å². The van der Waals surface area contributed by atoms with Gasteiger partial charge in [0, 0.05) is 19.7 Å². The van der Waals surface area contributed by atoms with E-state index >= 15 is 0 Å². The monoisotopic (exact) mass is 797 g/mol. The van der Waals surface area contributed by atoms with Gasteiger partial charge in [-0.3, -0.25) is 28.8 Å². The van der Waals surface area contributed by atoms with Gasteiger partial charge in [-0.2, -0.15) is 0 Å². The number of nitrogens with zero attached hydrogens (tertiary/aromatic N) is 2. The third-order valence-corrected chi connectivity index (χ3v) is 9.57. The standard InChI is InChI=1S/C39H67N5O10S/c1-14-24(5)19-27(8)30(53-22-55-13)17-16-26(7)39(52)54-31(18-23(3)4)35(47)40-28(9)37(49)44(12)21-33(46)43(11)20-32(45)42-34(25(6)15-2)36(48)41-29(10)38(50)51/h14,16,23,25,27-31,34H,15,17-22H2,1-13H3,(H,40,47)(H,41,48)(H,42,45)(H,50,51)/b24-14+,26-16+/t25?,27-,28?,29?,30?,31+,34?/m0/s1. The number of carboxylic acid groups (broad SMARTS) is 1. The zero-order chi connectivity index (χ0) is 42.6. The van der Waals surface area contributed by atoms with E-state index in [4.69, 9.17) is 14.6 Å². The highest BCUT2D eigenvalue weighted by Crippen LogP contribution is 2.22. The van der Waals surface area contributed by atoms with Crippen molar-refractivity contribution in [3.8, 4) is 0 Å². The van der Waals surface area contributed by atoms with Gasteiger partial charge in [-0.25, -0.2) is 4.79 Å². The number of allylic oxidation sites excluding steroid dienone is 2. The number of carbonyl (C=O) groups excluding carboxylic acids is 6. The molecule has 0 rings (SSSR count). The number of carbonyl (C=O) groups is 7. The summed E-state index contributed by atoms with van der Waals surface area (Å²) in [5.74, 6) is -4.65. The Morgan fingerprint density at radius 2 is 1.44 bits per heavy atom. The Hall–Kier alpha value is -3.92. The number of hydrogen-bond donors (Lipinski definition) is 4. The fraction of sp³-hybridized carbons (Fsp3) is 0.718. The number of carboxylic acids is 1. The molecule has 0 heterocycles. The van der Waals surface area contributed by atoms with Gasteiger partial charge >= 0.3 is 11.9 Å². The first-order valence-electron chi connectivity index (χ1n) is 18.8. The molecule has 0 fully saturated rings. The largest absolute Gasteiger partial charge is 0.480 e. The lowest BCUT2D eigenvalue weighted by atomic mass is 9.93. The van der Waals surface area contributed by atoms with Crippen molar-refractivity contribution in [1.29, 1.82) is 0 Å². The Kier molecular flexibility index (Phi) is 24.2. The highest BCUT2D eigenvalue weighted by atomic mass is 32.2. The Morgan fingerprint density at radius 1 is 0.836 bits per heavy atom. The number of likely N-dealkylation sites (N-methyl/N-ethyl adjacent to an activating group) is 2. The number of ether oxygens (including phenoxy) is 2. The summed E-state index contributed by atoms with van der Waals surface area (Å²) in [6, 6.07) is -3.27. The van der Waals surface area contributed by atoms with Crippen LogP contribution in [0.1, 0.15) is 94.9 Å². The van der Waals surface area contributed by atoms with Crippen molar-refractivity contribution in [2.45, 2.75) is 125 Å². The molecule has 0 aliphatic heterocycles. The van der Waals surface area contributed by atoms with Crippen LogP contribution in [0.3, 0.4) is 0 Å². The third kappa shape index (κ3) is 19.5. The minimum absolute atomic E-state index is 0.0185. The van der Waals surface area contributed by atoms with Crippen molar-refractivity contribution in [2.75, 3.05) is 39.4 Å². The summed E-state index contributed by atoms with van der Waals surface area (Å²) in [5, 5.41) is 16.7. The molecule has 16 heteroatoms. The van der Waals surface area contributed by atoms with Gasteiger partial charge in [0.1, 0.15) is 18.1 Å². The normalized spacial score (nSPS) is 15.7. The number of hydrogen-bond acceptors (Lipinski definition) is 10. The molecule has 7 atom stereocenters. The zero-order valence-corrected chi connectivity index (χ0v) is 36.0. The Balaban J connectivity index is 5.48. The molecule has 0 aliphatic carbocycles. The van der Waals surface area contributed by atoms with E-state index in [1.54, 1.807) is 31.7 Å². The lowest BCUT2D eigenvalue weighted by Gasteiger charge is -2.27. The molecule has 0 bridgehead atoms. The molecular formula is C39H67N5O10S. The van der Waals surface area contributed by atoms with Crippen molar-refractivity contribution in [2.24, 2.45) is 17.8 Å². The first-order valence-corrected chi connectivity index (χ1v) is 20.2. The van der Waals surface area contributed by atoms with Crippen LogP contribution in [0.4, 0.5) is 0 Å². The molecule has 0 aromatic carbocycles. The fourth-order valence-corrected chi connectivity index (χ4v) is 5.61. The van der Waals surface area contributed by atoms with Crippen LogP contribution >= 0.6 is 11.8 Å². The van der Waals surface area contributed by atoms with Gasteiger partial charge < -0.3 is 40.3 Å². The van der Waals surface area contributed by atoms with Crippen LogP contribution in [0.25, 0.3) is 0 Å². The molecule has 55 heavy (non-hydrogen) atoms. The first kappa shape index (κ1) is 51.1. The predicted octanol–water partition coefficient (Wildman–Crippen LogP) is 3.52. The molecule has 0 spiro atoms. The molecule has 4 N–H and O–H groups in total. The molecule has 0 radical (unpaired) electrons. The number of amides is 5. The smallest absolute Gasteiger partial charge is 0.334 e. The maximum Gasteiger partial charge on any atom is 0.334 e. The minimum atomic E-state index is -1.23. The molecule has 5 amide bonds. The van der Waals surface area contributed by atoms with E-state index in [0.717, 1.165) is 16.2 Å². The summed E-state index contributed by atoms with van der Waals surface area (Å²) in [4.78, 5) is 91.6. The van der Waals surface area contributed by atoms with Gasteiger partial charge in [0.15, 0.2) is 6.10 Å². The SMILES string of the molecule is C/C=C(\C)C[C@H](C)C(C/C=C(\C)C(=O)O[C@H](CC(C)C)C(=O)NC(C)C(=O)N(C)CC(=O)N(C)CC(=O)NC(C(=O)NC(C)C(=O)O)C(C)CC)OCSC. The highest BCUT2D eigenvalue weighted by molar-refractivity contribution is 7.98. The van der Waals surface area contributed by atoms with Crippen molar-refractivity contribution in [1.82, 2.24) is 25.8 Å². The van der Waals surface area contributed by atoms with Crippen molar-refractivity contribution in [3.63, 3.8) is 0 Å². The van der Waals surface area contributed by atoms with Crippen LogP contribution in [-0.2, 0) is 43.0 Å². The fourth-order valence-electron chi connectivity index (χ4n) is 5.30. The van der Waals surface area contributed by atoms with Gasteiger partial charge in [-0.15, -0.1) is 11.8 Å². The molecule has 15 nitrogen and oxygen atoms in total.